The Hall–Kier alpha value is -3.70. The molecule has 2 aromatic rings. The van der Waals surface area contributed by atoms with Gasteiger partial charge in [-0.2, -0.15) is 5.26 Å². The van der Waals surface area contributed by atoms with E-state index in [-0.39, 0.29) is 6.42 Å². The molecular weight excluding hydrogens is 398 g/mol. The van der Waals surface area contributed by atoms with Crippen LogP contribution in [-0.4, -0.2) is 42.1 Å². The SMILES string of the molecule is COC(=O)[C@@H](NC(=O)[C@H](O)[C@@H](NC(=O)c1ccccc1)c1ccccc1)[C@H](C)CC#N. The Morgan fingerprint density at radius 1 is 1.03 bits per heavy atom. The van der Waals surface area contributed by atoms with Crippen molar-refractivity contribution >= 4 is 17.8 Å². The number of nitrogens with zero attached hydrogens (tertiary/aromatic N) is 1. The lowest BCUT2D eigenvalue weighted by Gasteiger charge is -2.27. The van der Waals surface area contributed by atoms with E-state index < -0.39 is 41.9 Å². The summed E-state index contributed by atoms with van der Waals surface area (Å²) in [7, 11) is 1.17. The van der Waals surface area contributed by atoms with E-state index >= 15 is 0 Å². The second-order valence-corrected chi connectivity index (χ2v) is 7.02. The molecule has 0 radical (unpaired) electrons. The lowest BCUT2D eigenvalue weighted by atomic mass is 9.96. The van der Waals surface area contributed by atoms with Gasteiger partial charge in [-0.25, -0.2) is 4.79 Å². The minimum absolute atomic E-state index is 0.00298. The number of amides is 2. The largest absolute Gasteiger partial charge is 0.467 e. The van der Waals surface area contributed by atoms with Gasteiger partial charge < -0.3 is 20.5 Å². The summed E-state index contributed by atoms with van der Waals surface area (Å²) in [4.78, 5) is 37.6. The van der Waals surface area contributed by atoms with E-state index in [9.17, 15) is 19.5 Å². The van der Waals surface area contributed by atoms with Gasteiger partial charge in [0, 0.05) is 17.9 Å². The molecule has 0 aliphatic carbocycles. The Morgan fingerprint density at radius 2 is 1.61 bits per heavy atom. The minimum Gasteiger partial charge on any atom is -0.467 e. The number of ether oxygens (including phenoxy) is 1. The number of carbonyl (C=O) groups is 3. The molecule has 0 fully saturated rings. The number of hydrogen-bond acceptors (Lipinski definition) is 6. The summed E-state index contributed by atoms with van der Waals surface area (Å²) in [6.07, 6.45) is -1.69. The third kappa shape index (κ3) is 6.39. The van der Waals surface area contributed by atoms with Gasteiger partial charge in [0.15, 0.2) is 6.10 Å². The summed E-state index contributed by atoms with van der Waals surface area (Å²) in [6, 6.07) is 16.7. The smallest absolute Gasteiger partial charge is 0.328 e. The second-order valence-electron chi connectivity index (χ2n) is 7.02. The van der Waals surface area contributed by atoms with Crippen LogP contribution in [0.2, 0.25) is 0 Å². The fourth-order valence-corrected chi connectivity index (χ4v) is 3.03. The molecule has 8 heteroatoms. The highest BCUT2D eigenvalue weighted by Crippen LogP contribution is 2.19. The fourth-order valence-electron chi connectivity index (χ4n) is 3.03. The number of rotatable bonds is 9. The summed E-state index contributed by atoms with van der Waals surface area (Å²) in [5.41, 5.74) is 0.875. The van der Waals surface area contributed by atoms with Crippen LogP contribution >= 0.6 is 0 Å². The molecule has 2 rings (SSSR count). The van der Waals surface area contributed by atoms with Gasteiger partial charge in [-0.15, -0.1) is 0 Å². The van der Waals surface area contributed by atoms with Crippen molar-refractivity contribution in [1.29, 1.82) is 5.26 Å². The summed E-state index contributed by atoms with van der Waals surface area (Å²) in [6.45, 7) is 1.61. The van der Waals surface area contributed by atoms with E-state index in [4.69, 9.17) is 10.00 Å². The van der Waals surface area contributed by atoms with Gasteiger partial charge in [0.2, 0.25) is 0 Å². The van der Waals surface area contributed by atoms with Crippen LogP contribution in [0, 0.1) is 17.2 Å². The van der Waals surface area contributed by atoms with E-state index in [1.165, 1.54) is 7.11 Å². The lowest BCUT2D eigenvalue weighted by molar-refractivity contribution is -0.148. The van der Waals surface area contributed by atoms with Crippen molar-refractivity contribution in [2.24, 2.45) is 5.92 Å². The number of nitriles is 1. The van der Waals surface area contributed by atoms with Crippen LogP contribution < -0.4 is 10.6 Å². The Morgan fingerprint density at radius 3 is 2.16 bits per heavy atom. The van der Waals surface area contributed by atoms with Crippen LogP contribution in [0.5, 0.6) is 0 Å². The van der Waals surface area contributed by atoms with Crippen molar-refractivity contribution in [2.75, 3.05) is 7.11 Å². The second kappa shape index (κ2) is 11.5. The molecule has 0 spiro atoms. The first-order valence-electron chi connectivity index (χ1n) is 9.73. The zero-order chi connectivity index (χ0) is 22.8. The van der Waals surface area contributed by atoms with E-state index in [0.29, 0.717) is 11.1 Å². The summed E-state index contributed by atoms with van der Waals surface area (Å²) in [5, 5.41) is 24.8. The van der Waals surface area contributed by atoms with Crippen LogP contribution in [0.1, 0.15) is 35.3 Å². The normalized spacial score (nSPS) is 14.3. The van der Waals surface area contributed by atoms with E-state index in [2.05, 4.69) is 10.6 Å². The third-order valence-electron chi connectivity index (χ3n) is 4.80. The van der Waals surface area contributed by atoms with Gasteiger partial charge in [0.05, 0.1) is 19.2 Å². The lowest BCUT2D eigenvalue weighted by Crippen LogP contribution is -2.52. The van der Waals surface area contributed by atoms with Gasteiger partial charge in [-0.05, 0) is 17.7 Å². The van der Waals surface area contributed by atoms with Crippen LogP contribution in [0.4, 0.5) is 0 Å². The summed E-state index contributed by atoms with van der Waals surface area (Å²) in [5.74, 6) is -2.61. The molecule has 0 saturated heterocycles. The average molecular weight is 423 g/mol. The topological polar surface area (TPSA) is 129 Å². The van der Waals surface area contributed by atoms with Crippen LogP contribution in [0.3, 0.4) is 0 Å². The maximum absolute atomic E-state index is 12.8. The number of benzene rings is 2. The number of aliphatic hydroxyl groups excluding tert-OH is 1. The zero-order valence-corrected chi connectivity index (χ0v) is 17.3. The summed E-state index contributed by atoms with van der Waals surface area (Å²) >= 11 is 0. The monoisotopic (exact) mass is 423 g/mol. The van der Waals surface area contributed by atoms with Crippen molar-refractivity contribution in [1.82, 2.24) is 10.6 Å². The van der Waals surface area contributed by atoms with E-state index in [1.807, 2.05) is 6.07 Å². The molecule has 0 bridgehead atoms. The van der Waals surface area contributed by atoms with E-state index in [1.54, 1.807) is 67.6 Å². The number of esters is 1. The van der Waals surface area contributed by atoms with Gasteiger partial charge in [-0.3, -0.25) is 9.59 Å². The molecule has 0 aromatic heterocycles. The predicted octanol–water partition coefficient (Wildman–Crippen LogP) is 1.73. The molecule has 8 nitrogen and oxygen atoms in total. The fraction of sp³-hybridized carbons (Fsp3) is 0.304. The average Bonchev–Trinajstić information content (AvgIpc) is 2.80. The number of hydrogen-bond donors (Lipinski definition) is 3. The van der Waals surface area contributed by atoms with Gasteiger partial charge in [0.1, 0.15) is 6.04 Å². The molecule has 0 aliphatic rings. The maximum atomic E-state index is 12.8. The van der Waals surface area contributed by atoms with Crippen LogP contribution in [0.15, 0.2) is 60.7 Å². The number of carbonyl (C=O) groups excluding carboxylic acids is 3. The first-order valence-corrected chi connectivity index (χ1v) is 9.73. The van der Waals surface area contributed by atoms with Crippen molar-refractivity contribution in [3.8, 4) is 6.07 Å². The standard InChI is InChI=1S/C23H25N3O5/c1-15(13-14-24)18(23(30)31-2)25-22(29)20(27)19(16-9-5-3-6-10-16)26-21(28)17-11-7-4-8-12-17/h3-12,15,18-20,27H,13H2,1-2H3,(H,25,29)(H,26,28)/t15-,18+,19+,20-/m1/s1. The molecule has 0 aliphatic heterocycles. The Kier molecular flexibility index (Phi) is 8.73. The van der Waals surface area contributed by atoms with Crippen LogP contribution in [0.25, 0.3) is 0 Å². The first kappa shape index (κ1) is 23.6. The van der Waals surface area contributed by atoms with Gasteiger partial charge >= 0.3 is 5.97 Å². The highest BCUT2D eigenvalue weighted by molar-refractivity contribution is 5.95. The molecule has 0 unspecified atom stereocenters. The Bertz CT molecular complexity index is 927. The molecule has 2 aromatic carbocycles. The first-order chi connectivity index (χ1) is 14.9. The number of aliphatic hydroxyl groups is 1. The highest BCUT2D eigenvalue weighted by atomic mass is 16.5. The molecule has 3 N–H and O–H groups in total. The molecule has 4 atom stereocenters. The third-order valence-corrected chi connectivity index (χ3v) is 4.80. The van der Waals surface area contributed by atoms with Gasteiger partial charge in [-0.1, -0.05) is 55.5 Å². The van der Waals surface area contributed by atoms with Crippen molar-refractivity contribution in [3.63, 3.8) is 0 Å². The molecular formula is C23H25N3O5. The molecule has 2 amide bonds. The van der Waals surface area contributed by atoms with Crippen molar-refractivity contribution in [2.45, 2.75) is 31.5 Å². The van der Waals surface area contributed by atoms with Crippen molar-refractivity contribution < 1.29 is 24.2 Å². The van der Waals surface area contributed by atoms with Crippen LogP contribution in [-0.2, 0) is 14.3 Å². The van der Waals surface area contributed by atoms with Crippen molar-refractivity contribution in [3.05, 3.63) is 71.8 Å². The maximum Gasteiger partial charge on any atom is 0.328 e. The predicted molar refractivity (Wildman–Crippen MR) is 112 cm³/mol. The zero-order valence-electron chi connectivity index (χ0n) is 17.3. The number of nitrogens with one attached hydrogen (secondary N) is 2. The molecule has 0 heterocycles. The Labute approximate surface area is 180 Å². The van der Waals surface area contributed by atoms with E-state index in [0.717, 1.165) is 0 Å². The molecule has 0 saturated carbocycles. The number of methoxy groups -OCH3 is 1. The summed E-state index contributed by atoms with van der Waals surface area (Å²) < 4.78 is 4.71. The quantitative estimate of drug-likeness (QED) is 0.527. The van der Waals surface area contributed by atoms with Gasteiger partial charge in [0.25, 0.3) is 11.8 Å². The molecule has 162 valence electrons. The highest BCUT2D eigenvalue weighted by Gasteiger charge is 2.34. The molecule has 31 heavy (non-hydrogen) atoms. The Balaban J connectivity index is 2.26. The minimum atomic E-state index is -1.70.